The minimum absolute atomic E-state index is 0.352. The molecular formula is C19H16O5. The largest absolute Gasteiger partial charge is 0.497 e. The number of fused-ring (bicyclic) bond motifs is 5. The number of methoxy groups -OCH3 is 3. The predicted octanol–water partition coefficient (Wildman–Crippen LogP) is 3.39. The first kappa shape index (κ1) is 14.6. The zero-order valence-electron chi connectivity index (χ0n) is 13.6. The van der Waals surface area contributed by atoms with E-state index < -0.39 is 0 Å². The molecule has 0 fully saturated rings. The van der Waals surface area contributed by atoms with Crippen molar-refractivity contribution in [3.63, 3.8) is 0 Å². The van der Waals surface area contributed by atoms with E-state index in [4.69, 9.17) is 18.6 Å². The molecule has 0 bridgehead atoms. The molecule has 0 N–H and O–H groups in total. The first-order chi connectivity index (χ1) is 11.7. The molecule has 5 heteroatoms. The van der Waals surface area contributed by atoms with Gasteiger partial charge in [0.05, 0.1) is 26.7 Å². The summed E-state index contributed by atoms with van der Waals surface area (Å²) in [6.45, 7) is 0. The molecule has 0 amide bonds. The predicted molar refractivity (Wildman–Crippen MR) is 90.4 cm³/mol. The summed E-state index contributed by atoms with van der Waals surface area (Å²) in [6, 6.07) is 9.32. The molecule has 4 rings (SSSR count). The van der Waals surface area contributed by atoms with Gasteiger partial charge in [-0.2, -0.15) is 0 Å². The minimum atomic E-state index is -0.352. The molecule has 0 saturated carbocycles. The molecular weight excluding hydrogens is 308 g/mol. The maximum absolute atomic E-state index is 12.3. The Morgan fingerprint density at radius 1 is 0.917 bits per heavy atom. The molecule has 2 aromatic carbocycles. The van der Waals surface area contributed by atoms with Crippen molar-refractivity contribution in [2.45, 2.75) is 6.42 Å². The van der Waals surface area contributed by atoms with Crippen molar-refractivity contribution >= 4 is 10.8 Å². The molecule has 0 unspecified atom stereocenters. The zero-order chi connectivity index (χ0) is 16.8. The van der Waals surface area contributed by atoms with Crippen molar-refractivity contribution in [2.75, 3.05) is 21.3 Å². The van der Waals surface area contributed by atoms with E-state index in [1.807, 2.05) is 24.3 Å². The van der Waals surface area contributed by atoms with Gasteiger partial charge in [-0.1, -0.05) is 0 Å². The van der Waals surface area contributed by atoms with Gasteiger partial charge in [-0.25, -0.2) is 4.79 Å². The molecule has 24 heavy (non-hydrogen) atoms. The standard InChI is InChI=1S/C19H16O5/c1-21-11-4-5-12-14(8-11)19(20)24-17-7-10-6-15(22-2)16(23-3)9-13(10)18(12)17/h4-6,8-9H,7H2,1-3H3. The molecule has 5 nitrogen and oxygen atoms in total. The van der Waals surface area contributed by atoms with Crippen LogP contribution in [0.4, 0.5) is 0 Å². The van der Waals surface area contributed by atoms with Crippen LogP contribution in [0.1, 0.15) is 11.3 Å². The van der Waals surface area contributed by atoms with E-state index in [0.29, 0.717) is 34.8 Å². The lowest BCUT2D eigenvalue weighted by Gasteiger charge is -2.11. The maximum atomic E-state index is 12.3. The van der Waals surface area contributed by atoms with E-state index >= 15 is 0 Å². The highest BCUT2D eigenvalue weighted by Gasteiger charge is 2.27. The van der Waals surface area contributed by atoms with Gasteiger partial charge in [0.15, 0.2) is 11.5 Å². The zero-order valence-corrected chi connectivity index (χ0v) is 13.6. The Balaban J connectivity index is 2.04. The normalized spacial score (nSPS) is 12.0. The molecule has 0 spiro atoms. The van der Waals surface area contributed by atoms with Crippen LogP contribution in [0.2, 0.25) is 0 Å². The number of ether oxygens (including phenoxy) is 3. The fourth-order valence-electron chi connectivity index (χ4n) is 3.30. The molecule has 0 saturated heterocycles. The van der Waals surface area contributed by atoms with Crippen LogP contribution in [-0.2, 0) is 6.42 Å². The summed E-state index contributed by atoms with van der Waals surface area (Å²) in [6.07, 6.45) is 0.558. The molecule has 122 valence electrons. The lowest BCUT2D eigenvalue weighted by atomic mass is 10.0. The Labute approximate surface area is 138 Å². The number of hydrogen-bond donors (Lipinski definition) is 0. The van der Waals surface area contributed by atoms with Crippen molar-refractivity contribution in [3.05, 3.63) is 52.1 Å². The Bertz CT molecular complexity index is 1020. The SMILES string of the molecule is COc1ccc2c3c(oc(=O)c2c1)Cc1cc(OC)c(OC)cc1-3. The fourth-order valence-corrected chi connectivity index (χ4v) is 3.30. The van der Waals surface area contributed by atoms with Gasteiger partial charge in [-0.15, -0.1) is 0 Å². The van der Waals surface area contributed by atoms with Crippen molar-refractivity contribution in [3.8, 4) is 28.4 Å². The van der Waals surface area contributed by atoms with Gasteiger partial charge in [-0.3, -0.25) is 0 Å². The number of benzene rings is 2. The van der Waals surface area contributed by atoms with E-state index in [-0.39, 0.29) is 5.63 Å². The molecule has 1 aliphatic rings. The van der Waals surface area contributed by atoms with E-state index in [9.17, 15) is 4.79 Å². The Kier molecular flexibility index (Phi) is 3.23. The molecule has 0 radical (unpaired) electrons. The van der Waals surface area contributed by atoms with Gasteiger partial charge in [0.2, 0.25) is 0 Å². The lowest BCUT2D eigenvalue weighted by molar-refractivity contribution is 0.355. The molecule has 1 aromatic heterocycles. The molecule has 1 heterocycles. The monoisotopic (exact) mass is 324 g/mol. The van der Waals surface area contributed by atoms with Crippen molar-refractivity contribution < 1.29 is 18.6 Å². The molecule has 1 aliphatic carbocycles. The molecule has 3 aromatic rings. The smallest absolute Gasteiger partial charge is 0.344 e. The summed E-state index contributed by atoms with van der Waals surface area (Å²) in [5.41, 5.74) is 2.63. The third-order valence-electron chi connectivity index (χ3n) is 4.44. The lowest BCUT2D eigenvalue weighted by Crippen LogP contribution is -2.02. The van der Waals surface area contributed by atoms with Crippen LogP contribution in [0.25, 0.3) is 21.9 Å². The van der Waals surface area contributed by atoms with Crippen LogP contribution >= 0.6 is 0 Å². The quantitative estimate of drug-likeness (QED) is 0.578. The average molecular weight is 324 g/mol. The van der Waals surface area contributed by atoms with Gasteiger partial charge < -0.3 is 18.6 Å². The van der Waals surface area contributed by atoms with Crippen LogP contribution in [0.15, 0.2) is 39.5 Å². The van der Waals surface area contributed by atoms with E-state index in [1.165, 1.54) is 0 Å². The van der Waals surface area contributed by atoms with Crippen molar-refractivity contribution in [1.82, 2.24) is 0 Å². The summed E-state index contributed by atoms with van der Waals surface area (Å²) in [4.78, 5) is 12.3. The van der Waals surface area contributed by atoms with E-state index in [2.05, 4.69) is 0 Å². The highest BCUT2D eigenvalue weighted by molar-refractivity contribution is 6.00. The Morgan fingerprint density at radius 3 is 2.38 bits per heavy atom. The summed E-state index contributed by atoms with van der Waals surface area (Å²) in [5, 5.41) is 1.36. The van der Waals surface area contributed by atoms with E-state index in [0.717, 1.165) is 22.1 Å². The summed E-state index contributed by atoms with van der Waals surface area (Å²) >= 11 is 0. The van der Waals surface area contributed by atoms with Gasteiger partial charge in [0, 0.05) is 17.4 Å². The third kappa shape index (κ3) is 1.98. The van der Waals surface area contributed by atoms with Crippen LogP contribution < -0.4 is 19.8 Å². The van der Waals surface area contributed by atoms with Crippen molar-refractivity contribution in [1.29, 1.82) is 0 Å². The first-order valence-electron chi connectivity index (χ1n) is 7.55. The summed E-state index contributed by atoms with van der Waals surface area (Å²) in [5.74, 6) is 2.61. The second kappa shape index (κ2) is 5.30. The Morgan fingerprint density at radius 2 is 1.67 bits per heavy atom. The summed E-state index contributed by atoms with van der Waals surface area (Å²) in [7, 11) is 4.78. The maximum Gasteiger partial charge on any atom is 0.344 e. The van der Waals surface area contributed by atoms with E-state index in [1.54, 1.807) is 27.4 Å². The number of rotatable bonds is 3. The Hall–Kier alpha value is -2.95. The second-order valence-corrected chi connectivity index (χ2v) is 5.64. The second-order valence-electron chi connectivity index (χ2n) is 5.64. The highest BCUT2D eigenvalue weighted by Crippen LogP contribution is 2.45. The summed E-state index contributed by atoms with van der Waals surface area (Å²) < 4.78 is 21.6. The third-order valence-corrected chi connectivity index (χ3v) is 4.44. The topological polar surface area (TPSA) is 57.9 Å². The first-order valence-corrected chi connectivity index (χ1v) is 7.55. The number of hydrogen-bond acceptors (Lipinski definition) is 5. The van der Waals surface area contributed by atoms with Gasteiger partial charge in [0.1, 0.15) is 11.5 Å². The minimum Gasteiger partial charge on any atom is -0.497 e. The van der Waals surface area contributed by atoms with Crippen LogP contribution in [-0.4, -0.2) is 21.3 Å². The molecule has 0 aliphatic heterocycles. The molecule has 0 atom stereocenters. The highest BCUT2D eigenvalue weighted by atomic mass is 16.5. The van der Waals surface area contributed by atoms with Gasteiger partial charge in [-0.05, 0) is 41.5 Å². The fraction of sp³-hybridized carbons (Fsp3) is 0.211. The van der Waals surface area contributed by atoms with Crippen LogP contribution in [0.3, 0.4) is 0 Å². The van der Waals surface area contributed by atoms with Crippen LogP contribution in [0, 0.1) is 0 Å². The average Bonchev–Trinajstić information content (AvgIpc) is 2.97. The van der Waals surface area contributed by atoms with Gasteiger partial charge >= 0.3 is 5.63 Å². The van der Waals surface area contributed by atoms with Gasteiger partial charge in [0.25, 0.3) is 0 Å². The van der Waals surface area contributed by atoms with Crippen LogP contribution in [0.5, 0.6) is 17.2 Å². The van der Waals surface area contributed by atoms with Crippen molar-refractivity contribution in [2.24, 2.45) is 0 Å².